The zero-order chi connectivity index (χ0) is 29.5. The first-order valence-corrected chi connectivity index (χ1v) is 13.3. The fourth-order valence-electron chi connectivity index (χ4n) is 5.98. The molecule has 1 saturated heterocycles. The van der Waals surface area contributed by atoms with E-state index < -0.39 is 82.1 Å². The van der Waals surface area contributed by atoms with Crippen LogP contribution in [0.5, 0.6) is 0 Å². The van der Waals surface area contributed by atoms with Gasteiger partial charge in [-0.1, -0.05) is 32.6 Å². The molecule has 0 unspecified atom stereocenters. The van der Waals surface area contributed by atoms with Crippen molar-refractivity contribution in [1.29, 1.82) is 0 Å². The molecule has 0 saturated carbocycles. The molecule has 1 heterocycles. The van der Waals surface area contributed by atoms with Crippen LogP contribution in [-0.2, 0) is 38.1 Å². The van der Waals surface area contributed by atoms with E-state index in [1.54, 1.807) is 19.1 Å². The Morgan fingerprint density at radius 3 is 2.26 bits per heavy atom. The summed E-state index contributed by atoms with van der Waals surface area (Å²) in [4.78, 5) is 50.1. The average molecular weight is 569 g/mol. The van der Waals surface area contributed by atoms with E-state index in [1.807, 2.05) is 6.92 Å². The SMILES string of the molecule is C=C1/C=C\[C@H](OC(=O)CCC)[C@@]2(C)C=C[C@@H](OC(C)=O)[C@@](C)(O)[C@@H]2[C@H](OC(C)=O)[C@]2(O)[C@@H](C)C(=O)O[C@H]2[C@H]1Cl. The molecule has 11 heteroatoms. The number of allylic oxidation sites excluding steroid dienone is 1. The van der Waals surface area contributed by atoms with Crippen LogP contribution in [0.3, 0.4) is 0 Å². The molecule has 0 bridgehead atoms. The quantitative estimate of drug-likeness (QED) is 0.219. The Morgan fingerprint density at radius 1 is 1.08 bits per heavy atom. The number of fused-ring (bicyclic) bond motifs is 2. The summed E-state index contributed by atoms with van der Waals surface area (Å²) >= 11 is 6.69. The second-order valence-electron chi connectivity index (χ2n) is 11.0. The summed E-state index contributed by atoms with van der Waals surface area (Å²) in [6.07, 6.45) is 1.31. The number of aliphatic hydroxyl groups is 2. The van der Waals surface area contributed by atoms with Crippen LogP contribution in [0.1, 0.15) is 54.4 Å². The highest BCUT2D eigenvalue weighted by Gasteiger charge is 2.70. The Morgan fingerprint density at radius 2 is 1.69 bits per heavy atom. The average Bonchev–Trinajstić information content (AvgIpc) is 3.06. The monoisotopic (exact) mass is 568 g/mol. The van der Waals surface area contributed by atoms with Crippen LogP contribution in [0, 0.1) is 17.3 Å². The lowest BCUT2D eigenvalue weighted by Gasteiger charge is -2.56. The summed E-state index contributed by atoms with van der Waals surface area (Å²) in [5, 5.41) is 23.3. The van der Waals surface area contributed by atoms with Crippen molar-refractivity contribution < 1.29 is 48.3 Å². The predicted molar refractivity (Wildman–Crippen MR) is 139 cm³/mol. The molecule has 0 aromatic carbocycles. The van der Waals surface area contributed by atoms with E-state index in [9.17, 15) is 29.4 Å². The molecule has 10 nitrogen and oxygen atoms in total. The Hall–Kier alpha value is -2.69. The summed E-state index contributed by atoms with van der Waals surface area (Å²) in [5.74, 6) is -5.43. The van der Waals surface area contributed by atoms with Crippen LogP contribution >= 0.6 is 11.6 Å². The van der Waals surface area contributed by atoms with Crippen molar-refractivity contribution in [1.82, 2.24) is 0 Å². The van der Waals surface area contributed by atoms with Crippen molar-refractivity contribution in [3.05, 3.63) is 36.5 Å². The van der Waals surface area contributed by atoms with Crippen molar-refractivity contribution in [3.63, 3.8) is 0 Å². The Balaban J connectivity index is 2.39. The maximum Gasteiger partial charge on any atom is 0.312 e. The minimum absolute atomic E-state index is 0.110. The summed E-state index contributed by atoms with van der Waals surface area (Å²) in [6.45, 7) is 12.5. The zero-order valence-electron chi connectivity index (χ0n) is 23.0. The summed E-state index contributed by atoms with van der Waals surface area (Å²) in [7, 11) is 0. The van der Waals surface area contributed by atoms with Gasteiger partial charge in [-0.3, -0.25) is 19.2 Å². The highest BCUT2D eigenvalue weighted by atomic mass is 35.5. The molecule has 10 atom stereocenters. The normalized spacial score (nSPS) is 42.4. The van der Waals surface area contributed by atoms with E-state index in [0.717, 1.165) is 6.92 Å². The fraction of sp³-hybridized carbons (Fsp3) is 0.643. The molecular weight excluding hydrogens is 532 g/mol. The van der Waals surface area contributed by atoms with E-state index in [2.05, 4.69) is 6.58 Å². The lowest BCUT2D eigenvalue weighted by Crippen LogP contribution is -2.70. The third-order valence-electron chi connectivity index (χ3n) is 8.03. The van der Waals surface area contributed by atoms with Gasteiger partial charge in [-0.2, -0.15) is 0 Å². The van der Waals surface area contributed by atoms with Crippen molar-refractivity contribution in [2.24, 2.45) is 17.3 Å². The molecule has 216 valence electrons. The number of hydrogen-bond donors (Lipinski definition) is 2. The summed E-state index contributed by atoms with van der Waals surface area (Å²) < 4.78 is 22.6. The lowest BCUT2D eigenvalue weighted by atomic mass is 9.55. The Bertz CT molecular complexity index is 1100. The molecule has 3 rings (SSSR count). The first-order valence-electron chi connectivity index (χ1n) is 12.9. The minimum atomic E-state index is -2.27. The molecule has 0 spiro atoms. The summed E-state index contributed by atoms with van der Waals surface area (Å²) in [6, 6.07) is 0. The van der Waals surface area contributed by atoms with Gasteiger partial charge >= 0.3 is 23.9 Å². The van der Waals surface area contributed by atoms with Gasteiger partial charge in [0.2, 0.25) is 0 Å². The Labute approximate surface area is 232 Å². The number of halogens is 1. The van der Waals surface area contributed by atoms with Gasteiger partial charge in [0.25, 0.3) is 0 Å². The lowest BCUT2D eigenvalue weighted by molar-refractivity contribution is -0.242. The van der Waals surface area contributed by atoms with Crippen LogP contribution < -0.4 is 0 Å². The van der Waals surface area contributed by atoms with Crippen LogP contribution in [0.25, 0.3) is 0 Å². The molecule has 0 radical (unpaired) electrons. The van der Waals surface area contributed by atoms with E-state index in [0.29, 0.717) is 6.42 Å². The molecule has 3 aliphatic rings. The second-order valence-corrected chi connectivity index (χ2v) is 11.4. The molecule has 0 aromatic heterocycles. The van der Waals surface area contributed by atoms with Gasteiger partial charge in [-0.05, 0) is 38.0 Å². The maximum atomic E-state index is 12.9. The third-order valence-corrected chi connectivity index (χ3v) is 8.54. The molecule has 0 aromatic rings. The standard InChI is InChI=1S/C28H37ClO10/c1-8-9-20(32)38-18-11-10-14(2)21(29)23-28(35,15(3)25(33)39-23)24(37-17(5)31)22-26(18,6)13-12-19(27(22,7)34)36-16(4)30/h10-13,15,18-19,21-24,34-35H,2,8-9H2,1,3-7H3/b11-10-/t15-,18-,19+,21-,22+,23-,24-,26+,27+,28-/m0/s1. The number of carbonyl (C=O) groups is 4. The molecule has 0 amide bonds. The van der Waals surface area contributed by atoms with E-state index >= 15 is 0 Å². The van der Waals surface area contributed by atoms with Crippen molar-refractivity contribution in [2.45, 2.75) is 95.4 Å². The number of rotatable bonds is 5. The van der Waals surface area contributed by atoms with E-state index in [1.165, 1.54) is 32.9 Å². The van der Waals surface area contributed by atoms with Crippen LogP contribution in [0.2, 0.25) is 0 Å². The molecule has 2 N–H and O–H groups in total. The van der Waals surface area contributed by atoms with Crippen molar-refractivity contribution in [2.75, 3.05) is 0 Å². The van der Waals surface area contributed by atoms with Crippen LogP contribution in [-0.4, -0.2) is 75.1 Å². The number of alkyl halides is 1. The zero-order valence-corrected chi connectivity index (χ0v) is 23.8. The van der Waals surface area contributed by atoms with E-state index in [-0.39, 0.29) is 12.0 Å². The van der Waals surface area contributed by atoms with Gasteiger partial charge in [0.1, 0.15) is 23.9 Å². The van der Waals surface area contributed by atoms with E-state index in [4.69, 9.17) is 30.5 Å². The van der Waals surface area contributed by atoms with Crippen LogP contribution in [0.15, 0.2) is 36.5 Å². The van der Waals surface area contributed by atoms with Crippen molar-refractivity contribution >= 4 is 35.5 Å². The fourth-order valence-corrected chi connectivity index (χ4v) is 6.31. The first kappa shape index (κ1) is 30.8. The first-order chi connectivity index (χ1) is 18.0. The predicted octanol–water partition coefficient (Wildman–Crippen LogP) is 2.53. The number of hydrogen-bond acceptors (Lipinski definition) is 10. The largest absolute Gasteiger partial charge is 0.459 e. The molecule has 39 heavy (non-hydrogen) atoms. The molecule has 2 aliphatic carbocycles. The minimum Gasteiger partial charge on any atom is -0.459 e. The molecule has 1 fully saturated rings. The van der Waals surface area contributed by atoms with Crippen molar-refractivity contribution in [3.8, 4) is 0 Å². The smallest absolute Gasteiger partial charge is 0.312 e. The molecule has 1 aliphatic heterocycles. The van der Waals surface area contributed by atoms with Gasteiger partial charge in [-0.25, -0.2) is 0 Å². The number of esters is 4. The topological polar surface area (TPSA) is 146 Å². The Kier molecular flexibility index (Phi) is 8.75. The molecular formula is C28H37ClO10. The van der Waals surface area contributed by atoms with Gasteiger partial charge in [-0.15, -0.1) is 11.6 Å². The highest BCUT2D eigenvalue weighted by Crippen LogP contribution is 2.55. The highest BCUT2D eigenvalue weighted by molar-refractivity contribution is 6.23. The number of ether oxygens (including phenoxy) is 4. The van der Waals surface area contributed by atoms with Crippen LogP contribution in [0.4, 0.5) is 0 Å². The van der Waals surface area contributed by atoms with Gasteiger partial charge in [0.05, 0.1) is 11.3 Å². The maximum absolute atomic E-state index is 12.9. The number of carbonyl (C=O) groups excluding carboxylic acids is 4. The summed E-state index contributed by atoms with van der Waals surface area (Å²) in [5.41, 5.74) is -5.44. The second kappa shape index (κ2) is 11.1. The van der Waals surface area contributed by atoms with Gasteiger partial charge in [0.15, 0.2) is 11.7 Å². The van der Waals surface area contributed by atoms with Gasteiger partial charge < -0.3 is 29.2 Å². The third kappa shape index (κ3) is 5.38. The van der Waals surface area contributed by atoms with Gasteiger partial charge in [0, 0.05) is 31.6 Å².